The summed E-state index contributed by atoms with van der Waals surface area (Å²) in [5, 5.41) is 13.1. The van der Waals surface area contributed by atoms with E-state index in [1.165, 1.54) is 0 Å². The monoisotopic (exact) mass is 261 g/mol. The molecule has 0 saturated carbocycles. The van der Waals surface area contributed by atoms with Gasteiger partial charge in [0.05, 0.1) is 22.5 Å². The molecule has 0 bridgehead atoms. The van der Waals surface area contributed by atoms with Gasteiger partial charge < -0.3 is 5.11 Å². The molecule has 14 heavy (non-hydrogen) atoms. The lowest BCUT2D eigenvalue weighted by atomic mass is 10.3. The van der Waals surface area contributed by atoms with Gasteiger partial charge in [0.1, 0.15) is 0 Å². The van der Waals surface area contributed by atoms with Crippen LogP contribution in [0.1, 0.15) is 11.4 Å². The van der Waals surface area contributed by atoms with E-state index in [9.17, 15) is 0 Å². The van der Waals surface area contributed by atoms with E-state index in [0.29, 0.717) is 6.54 Å². The molecule has 1 aromatic heterocycles. The Morgan fingerprint density at radius 1 is 1.57 bits per heavy atom. The zero-order chi connectivity index (χ0) is 10.7. The number of aliphatic hydroxyl groups is 1. The van der Waals surface area contributed by atoms with Gasteiger partial charge in [0.2, 0.25) is 0 Å². The molecule has 80 valence electrons. The maximum absolute atomic E-state index is 8.78. The minimum Gasteiger partial charge on any atom is -0.395 e. The molecule has 0 aliphatic heterocycles. The summed E-state index contributed by atoms with van der Waals surface area (Å²) in [6, 6.07) is 0. The Kier molecular flexibility index (Phi) is 4.10. The molecule has 4 nitrogen and oxygen atoms in total. The maximum Gasteiger partial charge on any atom is 0.0739 e. The number of aliphatic hydroxyl groups excluding tert-OH is 1. The molecule has 1 heterocycles. The second-order valence-electron chi connectivity index (χ2n) is 3.43. The Hall–Kier alpha value is -0.390. The van der Waals surface area contributed by atoms with Gasteiger partial charge in [-0.1, -0.05) is 0 Å². The van der Waals surface area contributed by atoms with Crippen molar-refractivity contribution in [1.29, 1.82) is 0 Å². The van der Waals surface area contributed by atoms with Crippen LogP contribution in [0.3, 0.4) is 0 Å². The highest BCUT2D eigenvalue weighted by Crippen LogP contribution is 2.20. The predicted molar refractivity (Wildman–Crippen MR) is 59.1 cm³/mol. The quantitative estimate of drug-likeness (QED) is 0.877. The molecule has 0 amide bonds. The Labute approximate surface area is 92.6 Å². The van der Waals surface area contributed by atoms with E-state index in [0.717, 1.165) is 22.4 Å². The summed E-state index contributed by atoms with van der Waals surface area (Å²) in [4.78, 5) is 2.06. The lowest BCUT2D eigenvalue weighted by Crippen LogP contribution is -2.23. The van der Waals surface area contributed by atoms with Gasteiger partial charge in [-0.2, -0.15) is 5.10 Å². The zero-order valence-corrected chi connectivity index (χ0v) is 10.4. The van der Waals surface area contributed by atoms with E-state index in [-0.39, 0.29) is 6.61 Å². The fraction of sp³-hybridized carbons (Fsp3) is 0.667. The molecule has 1 N–H and O–H groups in total. The molecule has 0 fully saturated rings. The van der Waals surface area contributed by atoms with Crippen molar-refractivity contribution in [1.82, 2.24) is 14.7 Å². The van der Waals surface area contributed by atoms with E-state index in [4.69, 9.17) is 5.11 Å². The molecule has 0 aliphatic rings. The molecule has 0 saturated heterocycles. The van der Waals surface area contributed by atoms with Gasteiger partial charge in [0, 0.05) is 20.1 Å². The Morgan fingerprint density at radius 2 is 2.21 bits per heavy atom. The van der Waals surface area contributed by atoms with Crippen LogP contribution in [0, 0.1) is 6.92 Å². The second kappa shape index (κ2) is 4.91. The Balaban J connectivity index is 2.75. The summed E-state index contributed by atoms with van der Waals surface area (Å²) in [6.07, 6.45) is 0. The number of halogens is 1. The number of rotatable bonds is 4. The largest absolute Gasteiger partial charge is 0.395 e. The lowest BCUT2D eigenvalue weighted by Gasteiger charge is -2.15. The molecule has 0 aromatic carbocycles. The number of aromatic nitrogens is 2. The summed E-state index contributed by atoms with van der Waals surface area (Å²) in [5.41, 5.74) is 2.14. The summed E-state index contributed by atoms with van der Waals surface area (Å²) >= 11 is 3.51. The highest BCUT2D eigenvalue weighted by molar-refractivity contribution is 9.10. The fourth-order valence-electron chi connectivity index (χ4n) is 1.36. The normalized spacial score (nSPS) is 11.3. The molecule has 1 aromatic rings. The van der Waals surface area contributed by atoms with Crippen molar-refractivity contribution in [2.24, 2.45) is 7.05 Å². The number of likely N-dealkylation sites (N-methyl/N-ethyl adjacent to an activating group) is 1. The molecule has 0 spiro atoms. The van der Waals surface area contributed by atoms with Gasteiger partial charge in [0.25, 0.3) is 0 Å². The van der Waals surface area contributed by atoms with Crippen LogP contribution in [-0.4, -0.2) is 40.0 Å². The summed E-state index contributed by atoms with van der Waals surface area (Å²) < 4.78 is 2.93. The van der Waals surface area contributed by atoms with Crippen molar-refractivity contribution in [2.45, 2.75) is 13.5 Å². The van der Waals surface area contributed by atoms with Crippen LogP contribution in [0.4, 0.5) is 0 Å². The number of hydrogen-bond donors (Lipinski definition) is 1. The van der Waals surface area contributed by atoms with E-state index in [1.54, 1.807) is 0 Å². The molecule has 5 heteroatoms. The highest BCUT2D eigenvalue weighted by Gasteiger charge is 2.11. The summed E-state index contributed by atoms with van der Waals surface area (Å²) in [6.45, 7) is 3.62. The van der Waals surface area contributed by atoms with Gasteiger partial charge in [-0.15, -0.1) is 0 Å². The molecular formula is C9H16BrN3O. The average Bonchev–Trinajstić information content (AvgIpc) is 2.33. The van der Waals surface area contributed by atoms with Crippen molar-refractivity contribution in [2.75, 3.05) is 20.2 Å². The van der Waals surface area contributed by atoms with Crippen LogP contribution in [0.15, 0.2) is 4.47 Å². The van der Waals surface area contributed by atoms with Crippen molar-refractivity contribution in [3.63, 3.8) is 0 Å². The smallest absolute Gasteiger partial charge is 0.0739 e. The first kappa shape index (κ1) is 11.7. The zero-order valence-electron chi connectivity index (χ0n) is 8.79. The molecule has 0 unspecified atom stereocenters. The number of aryl methyl sites for hydroxylation is 2. The predicted octanol–water partition coefficient (Wildman–Crippen LogP) is 0.915. The average molecular weight is 262 g/mol. The maximum atomic E-state index is 8.78. The molecular weight excluding hydrogens is 246 g/mol. The van der Waals surface area contributed by atoms with E-state index < -0.39 is 0 Å². The van der Waals surface area contributed by atoms with Crippen LogP contribution in [-0.2, 0) is 13.6 Å². The van der Waals surface area contributed by atoms with Crippen molar-refractivity contribution >= 4 is 15.9 Å². The van der Waals surface area contributed by atoms with Crippen LogP contribution >= 0.6 is 15.9 Å². The molecule has 0 radical (unpaired) electrons. The number of hydrogen-bond acceptors (Lipinski definition) is 3. The van der Waals surface area contributed by atoms with E-state index in [2.05, 4.69) is 25.9 Å². The van der Waals surface area contributed by atoms with Crippen molar-refractivity contribution in [3.05, 3.63) is 15.9 Å². The third-order valence-corrected chi connectivity index (χ3v) is 3.19. The Bertz CT molecular complexity index is 311. The topological polar surface area (TPSA) is 41.3 Å². The minimum absolute atomic E-state index is 0.185. The summed E-state index contributed by atoms with van der Waals surface area (Å²) in [7, 11) is 3.91. The lowest BCUT2D eigenvalue weighted by molar-refractivity contribution is 0.214. The molecule has 0 aliphatic carbocycles. The van der Waals surface area contributed by atoms with Gasteiger partial charge in [-0.25, -0.2) is 0 Å². The SMILES string of the molecule is Cc1nn(C)c(CN(C)CCO)c1Br. The van der Waals surface area contributed by atoms with E-state index >= 15 is 0 Å². The standard InChI is InChI=1S/C9H16BrN3O/c1-7-9(10)8(13(3)11-7)6-12(2)4-5-14/h14H,4-6H2,1-3H3. The van der Waals surface area contributed by atoms with Gasteiger partial charge in [-0.3, -0.25) is 9.58 Å². The summed E-state index contributed by atoms with van der Waals surface area (Å²) in [5.74, 6) is 0. The van der Waals surface area contributed by atoms with Crippen molar-refractivity contribution < 1.29 is 5.11 Å². The van der Waals surface area contributed by atoms with Gasteiger partial charge in [-0.05, 0) is 29.9 Å². The van der Waals surface area contributed by atoms with Crippen LogP contribution in [0.2, 0.25) is 0 Å². The highest BCUT2D eigenvalue weighted by atomic mass is 79.9. The van der Waals surface area contributed by atoms with Gasteiger partial charge >= 0.3 is 0 Å². The first-order chi connectivity index (χ1) is 6.56. The van der Waals surface area contributed by atoms with Crippen molar-refractivity contribution in [3.8, 4) is 0 Å². The minimum atomic E-state index is 0.185. The third kappa shape index (κ3) is 2.56. The van der Waals surface area contributed by atoms with Gasteiger partial charge in [0.15, 0.2) is 0 Å². The fourth-order valence-corrected chi connectivity index (χ4v) is 1.82. The van der Waals surface area contributed by atoms with Crippen LogP contribution in [0.5, 0.6) is 0 Å². The third-order valence-electron chi connectivity index (χ3n) is 2.16. The molecule has 1 rings (SSSR count). The first-order valence-corrected chi connectivity index (χ1v) is 5.33. The van der Waals surface area contributed by atoms with E-state index in [1.807, 2.05) is 25.7 Å². The van der Waals surface area contributed by atoms with Crippen LogP contribution < -0.4 is 0 Å². The Morgan fingerprint density at radius 3 is 2.64 bits per heavy atom. The number of nitrogens with zero attached hydrogens (tertiary/aromatic N) is 3. The first-order valence-electron chi connectivity index (χ1n) is 4.53. The molecule has 0 atom stereocenters. The second-order valence-corrected chi connectivity index (χ2v) is 4.22. The van der Waals surface area contributed by atoms with Crippen LogP contribution in [0.25, 0.3) is 0 Å².